The van der Waals surface area contributed by atoms with Crippen molar-refractivity contribution in [2.45, 2.75) is 32.7 Å². The van der Waals surface area contributed by atoms with E-state index in [2.05, 4.69) is 30.1 Å². The number of hydrogen-bond acceptors (Lipinski definition) is 2. The summed E-state index contributed by atoms with van der Waals surface area (Å²) in [6.45, 7) is 7.59. The van der Waals surface area contributed by atoms with Gasteiger partial charge in [-0.05, 0) is 68.6 Å². The lowest BCUT2D eigenvalue weighted by atomic mass is 9.96. The normalized spacial score (nSPS) is 16.8. The van der Waals surface area contributed by atoms with Crippen LogP contribution in [0, 0.1) is 5.92 Å². The predicted molar refractivity (Wildman–Crippen MR) is 95.7 cm³/mol. The van der Waals surface area contributed by atoms with Crippen molar-refractivity contribution < 1.29 is 4.79 Å². The molecule has 0 saturated carbocycles. The minimum Gasteiger partial charge on any atom is -0.352 e. The highest BCUT2D eigenvalue weighted by Gasteiger charge is 2.21. The van der Waals surface area contributed by atoms with Gasteiger partial charge in [0, 0.05) is 18.2 Å². The molecule has 0 aromatic heterocycles. The van der Waals surface area contributed by atoms with Crippen LogP contribution < -0.4 is 5.32 Å². The van der Waals surface area contributed by atoms with Crippen molar-refractivity contribution >= 4 is 16.7 Å². The van der Waals surface area contributed by atoms with Crippen LogP contribution in [0.15, 0.2) is 42.5 Å². The molecule has 0 spiro atoms. The molecule has 1 amide bonds. The largest absolute Gasteiger partial charge is 0.352 e. The third-order valence-corrected chi connectivity index (χ3v) is 4.94. The van der Waals surface area contributed by atoms with Gasteiger partial charge in [0.25, 0.3) is 5.91 Å². The second-order valence-corrected chi connectivity index (χ2v) is 6.85. The van der Waals surface area contributed by atoms with E-state index in [0.717, 1.165) is 30.6 Å². The summed E-state index contributed by atoms with van der Waals surface area (Å²) in [7, 11) is 0. The van der Waals surface area contributed by atoms with E-state index in [1.165, 1.54) is 18.2 Å². The Morgan fingerprint density at radius 3 is 2.52 bits per heavy atom. The molecule has 23 heavy (non-hydrogen) atoms. The van der Waals surface area contributed by atoms with Crippen LogP contribution in [-0.2, 0) is 0 Å². The minimum absolute atomic E-state index is 0.0436. The van der Waals surface area contributed by atoms with Gasteiger partial charge in [-0.3, -0.25) is 4.79 Å². The lowest BCUT2D eigenvalue weighted by Crippen LogP contribution is -2.41. The first-order chi connectivity index (χ1) is 11.1. The van der Waals surface area contributed by atoms with E-state index in [1.807, 2.05) is 36.4 Å². The molecular weight excluding hydrogens is 284 g/mol. The molecule has 3 rings (SSSR count). The molecular formula is C20H26N2O. The summed E-state index contributed by atoms with van der Waals surface area (Å²) in [5.41, 5.74) is 0.753. The number of amides is 1. The highest BCUT2D eigenvalue weighted by molar-refractivity contribution is 5.98. The Morgan fingerprint density at radius 2 is 1.83 bits per heavy atom. The van der Waals surface area contributed by atoms with Crippen LogP contribution in [0.5, 0.6) is 0 Å². The van der Waals surface area contributed by atoms with Crippen molar-refractivity contribution in [3.63, 3.8) is 0 Å². The maximum atomic E-state index is 12.4. The first kappa shape index (κ1) is 16.0. The molecule has 0 radical (unpaired) electrons. The van der Waals surface area contributed by atoms with Crippen molar-refractivity contribution in [2.75, 3.05) is 19.6 Å². The van der Waals surface area contributed by atoms with Gasteiger partial charge < -0.3 is 10.2 Å². The second kappa shape index (κ2) is 7.14. The van der Waals surface area contributed by atoms with Crippen molar-refractivity contribution in [1.29, 1.82) is 0 Å². The Hall–Kier alpha value is -1.87. The number of rotatable bonds is 4. The number of hydrogen-bond donors (Lipinski definition) is 1. The zero-order valence-electron chi connectivity index (χ0n) is 14.1. The van der Waals surface area contributed by atoms with Crippen LogP contribution in [0.2, 0.25) is 0 Å². The number of carbonyl (C=O) groups excluding carboxylic acids is 1. The third kappa shape index (κ3) is 3.91. The first-order valence-corrected chi connectivity index (χ1v) is 8.64. The van der Waals surface area contributed by atoms with Gasteiger partial charge in [-0.1, -0.05) is 30.3 Å². The summed E-state index contributed by atoms with van der Waals surface area (Å²) in [5, 5.41) is 5.41. The Bertz CT molecular complexity index is 672. The smallest absolute Gasteiger partial charge is 0.251 e. The molecule has 122 valence electrons. The topological polar surface area (TPSA) is 32.3 Å². The molecule has 0 bridgehead atoms. The predicted octanol–water partition coefficient (Wildman–Crippen LogP) is 3.69. The fraction of sp³-hybridized carbons (Fsp3) is 0.450. The maximum absolute atomic E-state index is 12.4. The van der Waals surface area contributed by atoms with Crippen LogP contribution in [0.4, 0.5) is 0 Å². The number of carbonyl (C=O) groups is 1. The fourth-order valence-electron chi connectivity index (χ4n) is 3.34. The van der Waals surface area contributed by atoms with E-state index in [4.69, 9.17) is 0 Å². The number of piperidine rings is 1. The number of benzene rings is 2. The third-order valence-electron chi connectivity index (χ3n) is 4.94. The van der Waals surface area contributed by atoms with Gasteiger partial charge in [0.05, 0.1) is 0 Å². The monoisotopic (exact) mass is 310 g/mol. The van der Waals surface area contributed by atoms with Gasteiger partial charge in [0.1, 0.15) is 0 Å². The highest BCUT2D eigenvalue weighted by Crippen LogP contribution is 2.19. The quantitative estimate of drug-likeness (QED) is 0.934. The van der Waals surface area contributed by atoms with Crippen LogP contribution in [0.3, 0.4) is 0 Å². The van der Waals surface area contributed by atoms with Gasteiger partial charge in [-0.2, -0.15) is 0 Å². The van der Waals surface area contributed by atoms with E-state index < -0.39 is 0 Å². The molecule has 3 nitrogen and oxygen atoms in total. The van der Waals surface area contributed by atoms with Crippen molar-refractivity contribution in [1.82, 2.24) is 10.2 Å². The van der Waals surface area contributed by atoms with Crippen LogP contribution in [-0.4, -0.2) is 36.5 Å². The molecule has 2 aromatic carbocycles. The Balaban J connectivity index is 1.55. The van der Waals surface area contributed by atoms with Crippen LogP contribution in [0.1, 0.15) is 37.0 Å². The van der Waals surface area contributed by atoms with E-state index in [1.54, 1.807) is 0 Å². The molecule has 1 N–H and O–H groups in total. The summed E-state index contributed by atoms with van der Waals surface area (Å²) in [4.78, 5) is 14.9. The highest BCUT2D eigenvalue weighted by atomic mass is 16.1. The van der Waals surface area contributed by atoms with Gasteiger partial charge >= 0.3 is 0 Å². The van der Waals surface area contributed by atoms with E-state index in [-0.39, 0.29) is 5.91 Å². The molecule has 0 atom stereocenters. The molecule has 0 unspecified atom stereocenters. The van der Waals surface area contributed by atoms with E-state index in [0.29, 0.717) is 12.0 Å². The molecule has 1 fully saturated rings. The lowest BCUT2D eigenvalue weighted by molar-refractivity contribution is 0.0930. The first-order valence-electron chi connectivity index (χ1n) is 8.64. The number of nitrogens with zero attached hydrogens (tertiary/aromatic N) is 1. The summed E-state index contributed by atoms with van der Waals surface area (Å²) in [6, 6.07) is 14.7. The standard InChI is InChI=1S/C20H26N2O/c1-15(2)22-11-9-16(10-12-22)14-21-20(23)19-8-7-17-5-3-4-6-18(17)13-19/h3-8,13,15-16H,9-12,14H2,1-2H3,(H,21,23). The average Bonchev–Trinajstić information content (AvgIpc) is 2.59. The Morgan fingerprint density at radius 1 is 1.13 bits per heavy atom. The fourth-order valence-corrected chi connectivity index (χ4v) is 3.34. The average molecular weight is 310 g/mol. The molecule has 1 saturated heterocycles. The number of fused-ring (bicyclic) bond motifs is 1. The minimum atomic E-state index is 0.0436. The van der Waals surface area contributed by atoms with Crippen LogP contribution in [0.25, 0.3) is 10.8 Å². The second-order valence-electron chi connectivity index (χ2n) is 6.85. The zero-order valence-corrected chi connectivity index (χ0v) is 14.1. The van der Waals surface area contributed by atoms with Gasteiger partial charge in [-0.15, -0.1) is 0 Å². The zero-order chi connectivity index (χ0) is 16.2. The Kier molecular flexibility index (Phi) is 4.97. The molecule has 1 aliphatic heterocycles. The van der Waals surface area contributed by atoms with E-state index in [9.17, 15) is 4.79 Å². The molecule has 2 aromatic rings. The SMILES string of the molecule is CC(C)N1CCC(CNC(=O)c2ccc3ccccc3c2)CC1. The van der Waals surface area contributed by atoms with Crippen molar-refractivity contribution in [3.05, 3.63) is 48.0 Å². The lowest BCUT2D eigenvalue weighted by Gasteiger charge is -2.34. The summed E-state index contributed by atoms with van der Waals surface area (Å²) in [6.07, 6.45) is 2.35. The molecule has 0 aliphatic carbocycles. The molecule has 1 aliphatic rings. The number of nitrogens with one attached hydrogen (secondary N) is 1. The van der Waals surface area contributed by atoms with Gasteiger partial charge in [0.2, 0.25) is 0 Å². The van der Waals surface area contributed by atoms with Gasteiger partial charge in [0.15, 0.2) is 0 Å². The van der Waals surface area contributed by atoms with Crippen LogP contribution >= 0.6 is 0 Å². The summed E-state index contributed by atoms with van der Waals surface area (Å²) in [5.74, 6) is 0.649. The van der Waals surface area contributed by atoms with Gasteiger partial charge in [-0.25, -0.2) is 0 Å². The van der Waals surface area contributed by atoms with Crippen molar-refractivity contribution in [3.8, 4) is 0 Å². The maximum Gasteiger partial charge on any atom is 0.251 e. The van der Waals surface area contributed by atoms with Crippen molar-refractivity contribution in [2.24, 2.45) is 5.92 Å². The number of likely N-dealkylation sites (tertiary alicyclic amines) is 1. The molecule has 3 heteroatoms. The summed E-state index contributed by atoms with van der Waals surface area (Å²) < 4.78 is 0. The molecule has 1 heterocycles. The summed E-state index contributed by atoms with van der Waals surface area (Å²) >= 11 is 0. The Labute approximate surface area is 138 Å². The van der Waals surface area contributed by atoms with E-state index >= 15 is 0 Å².